The average molecular weight is 377 g/mol. The minimum absolute atomic E-state index is 0.791. The van der Waals surface area contributed by atoms with Gasteiger partial charge in [-0.1, -0.05) is 12.1 Å². The number of aromatic nitrogens is 3. The molecule has 4 aromatic rings. The molecule has 1 atom stereocenters. The Labute approximate surface area is 159 Å². The highest BCUT2D eigenvalue weighted by Crippen LogP contribution is 2.29. The van der Waals surface area contributed by atoms with Gasteiger partial charge < -0.3 is 0 Å². The van der Waals surface area contributed by atoms with Crippen molar-refractivity contribution in [2.24, 2.45) is 0 Å². The van der Waals surface area contributed by atoms with E-state index in [1.807, 2.05) is 48.5 Å². The highest BCUT2D eigenvalue weighted by atomic mass is 32.2. The fourth-order valence-corrected chi connectivity index (χ4v) is 3.54. The maximum atomic E-state index is 11.6. The van der Waals surface area contributed by atoms with Crippen LogP contribution in [0.25, 0.3) is 33.4 Å². The van der Waals surface area contributed by atoms with Crippen LogP contribution in [-0.2, 0) is 10.8 Å². The second-order valence-corrected chi connectivity index (χ2v) is 7.73. The topological polar surface area (TPSA) is 55.7 Å². The second kappa shape index (κ2) is 6.97. The summed E-state index contributed by atoms with van der Waals surface area (Å²) in [5.41, 5.74) is 5.37. The van der Waals surface area contributed by atoms with Crippen LogP contribution < -0.4 is 0 Å². The summed E-state index contributed by atoms with van der Waals surface area (Å²) in [5, 5.41) is 0. The Morgan fingerprint density at radius 1 is 0.962 bits per heavy atom. The van der Waals surface area contributed by atoms with Crippen molar-refractivity contribution in [1.82, 2.24) is 15.0 Å². The van der Waals surface area contributed by atoms with Gasteiger partial charge in [-0.05, 0) is 42.0 Å². The van der Waals surface area contributed by atoms with Gasteiger partial charge in [-0.15, -0.1) is 12.6 Å². The van der Waals surface area contributed by atoms with Crippen molar-refractivity contribution in [3.8, 4) is 22.4 Å². The first-order valence-electron chi connectivity index (χ1n) is 7.96. The van der Waals surface area contributed by atoms with Crippen LogP contribution >= 0.6 is 12.6 Å². The van der Waals surface area contributed by atoms with E-state index < -0.39 is 10.8 Å². The molecule has 0 saturated carbocycles. The second-order valence-electron chi connectivity index (χ2n) is 5.83. The number of pyridine rings is 3. The van der Waals surface area contributed by atoms with Gasteiger partial charge in [0.15, 0.2) is 0 Å². The van der Waals surface area contributed by atoms with Crippen molar-refractivity contribution in [1.29, 1.82) is 0 Å². The molecule has 0 radical (unpaired) electrons. The molecule has 0 fully saturated rings. The third-order valence-electron chi connectivity index (χ3n) is 4.10. The first kappa shape index (κ1) is 16.9. The van der Waals surface area contributed by atoms with Gasteiger partial charge in [0.05, 0.1) is 16.7 Å². The molecule has 0 N–H and O–H groups in total. The molecule has 0 bridgehead atoms. The Bertz CT molecular complexity index is 1130. The molecule has 0 aliphatic carbocycles. The average Bonchev–Trinajstić information content (AvgIpc) is 2.67. The fourth-order valence-electron chi connectivity index (χ4n) is 2.81. The Kier molecular flexibility index (Phi) is 4.53. The molecule has 4 nitrogen and oxygen atoms in total. The number of hydrogen-bond acceptors (Lipinski definition) is 5. The minimum atomic E-state index is -0.994. The normalized spacial score (nSPS) is 12.2. The van der Waals surface area contributed by atoms with Crippen molar-refractivity contribution in [3.63, 3.8) is 0 Å². The zero-order chi connectivity index (χ0) is 18.1. The molecule has 1 unspecified atom stereocenters. The van der Waals surface area contributed by atoms with Gasteiger partial charge in [0.1, 0.15) is 0 Å². The number of nitrogens with zero attached hydrogens (tertiary/aromatic N) is 3. The fraction of sp³-hybridized carbons (Fsp3) is 0.0500. The predicted molar refractivity (Wildman–Crippen MR) is 108 cm³/mol. The van der Waals surface area contributed by atoms with Gasteiger partial charge in [0.25, 0.3) is 0 Å². The minimum Gasteiger partial charge on any atom is -0.263 e. The molecule has 4 rings (SSSR count). The van der Waals surface area contributed by atoms with Gasteiger partial charge in [-0.3, -0.25) is 14.2 Å². The quantitative estimate of drug-likeness (QED) is 0.538. The van der Waals surface area contributed by atoms with E-state index in [4.69, 9.17) is 4.98 Å². The van der Waals surface area contributed by atoms with Crippen LogP contribution in [0.2, 0.25) is 0 Å². The lowest BCUT2D eigenvalue weighted by Crippen LogP contribution is -1.92. The Morgan fingerprint density at radius 2 is 1.77 bits per heavy atom. The van der Waals surface area contributed by atoms with Crippen molar-refractivity contribution in [2.45, 2.75) is 9.79 Å². The SMILES string of the molecule is CS(=O)c1ccc(-c2ccnc3ccc(-c4cncc(S)c4)nc23)cc1. The van der Waals surface area contributed by atoms with Gasteiger partial charge in [0.2, 0.25) is 0 Å². The third kappa shape index (κ3) is 3.25. The first-order valence-corrected chi connectivity index (χ1v) is 9.96. The number of benzene rings is 1. The molecule has 128 valence electrons. The summed E-state index contributed by atoms with van der Waals surface area (Å²) in [6.07, 6.45) is 6.92. The summed E-state index contributed by atoms with van der Waals surface area (Å²) in [5.74, 6) is 0. The van der Waals surface area contributed by atoms with Crippen LogP contribution in [0.4, 0.5) is 0 Å². The summed E-state index contributed by atoms with van der Waals surface area (Å²) in [6, 6.07) is 15.5. The maximum Gasteiger partial charge on any atom is 0.0972 e. The van der Waals surface area contributed by atoms with Crippen LogP contribution in [0, 0.1) is 0 Å². The van der Waals surface area contributed by atoms with Crippen molar-refractivity contribution in [3.05, 3.63) is 67.1 Å². The summed E-state index contributed by atoms with van der Waals surface area (Å²) >= 11 is 4.35. The number of thiol groups is 1. The molecule has 0 amide bonds. The number of hydrogen-bond donors (Lipinski definition) is 1. The van der Waals surface area contributed by atoms with Crippen molar-refractivity contribution in [2.75, 3.05) is 6.26 Å². The largest absolute Gasteiger partial charge is 0.263 e. The molecule has 1 aromatic carbocycles. The van der Waals surface area contributed by atoms with E-state index in [1.165, 1.54) is 0 Å². The van der Waals surface area contributed by atoms with E-state index in [1.54, 1.807) is 24.8 Å². The molecule has 6 heteroatoms. The molecule has 0 spiro atoms. The zero-order valence-corrected chi connectivity index (χ0v) is 15.7. The van der Waals surface area contributed by atoms with Crippen LogP contribution in [0.1, 0.15) is 0 Å². The van der Waals surface area contributed by atoms with Gasteiger partial charge in [0, 0.05) is 56.6 Å². The summed E-state index contributed by atoms with van der Waals surface area (Å²) in [7, 11) is -0.994. The Balaban J connectivity index is 1.87. The lowest BCUT2D eigenvalue weighted by molar-refractivity contribution is 0.687. The lowest BCUT2D eigenvalue weighted by Gasteiger charge is -2.08. The van der Waals surface area contributed by atoms with Gasteiger partial charge in [-0.2, -0.15) is 0 Å². The molecule has 0 saturated heterocycles. The smallest absolute Gasteiger partial charge is 0.0972 e. The zero-order valence-electron chi connectivity index (χ0n) is 14.0. The van der Waals surface area contributed by atoms with Crippen LogP contribution in [0.3, 0.4) is 0 Å². The lowest BCUT2D eigenvalue weighted by atomic mass is 10.0. The van der Waals surface area contributed by atoms with Crippen molar-refractivity contribution >= 4 is 34.5 Å². The molecule has 3 heterocycles. The Morgan fingerprint density at radius 3 is 2.50 bits per heavy atom. The summed E-state index contributed by atoms with van der Waals surface area (Å²) < 4.78 is 11.6. The molecule has 0 aliphatic heterocycles. The van der Waals surface area contributed by atoms with Gasteiger partial charge >= 0.3 is 0 Å². The van der Waals surface area contributed by atoms with Gasteiger partial charge in [-0.25, -0.2) is 4.98 Å². The van der Waals surface area contributed by atoms with Crippen LogP contribution in [0.15, 0.2) is 76.9 Å². The number of fused-ring (bicyclic) bond motifs is 1. The van der Waals surface area contributed by atoms with Crippen LogP contribution in [0.5, 0.6) is 0 Å². The monoisotopic (exact) mass is 377 g/mol. The third-order valence-corrected chi connectivity index (χ3v) is 5.28. The highest BCUT2D eigenvalue weighted by Gasteiger charge is 2.09. The van der Waals surface area contributed by atoms with E-state index in [2.05, 4.69) is 22.6 Å². The molecular weight excluding hydrogens is 362 g/mol. The van der Waals surface area contributed by atoms with E-state index in [9.17, 15) is 4.21 Å². The molecule has 0 aliphatic rings. The maximum absolute atomic E-state index is 11.6. The molecular formula is C20H15N3OS2. The van der Waals surface area contributed by atoms with Crippen LogP contribution in [-0.4, -0.2) is 25.4 Å². The summed E-state index contributed by atoms with van der Waals surface area (Å²) in [4.78, 5) is 15.0. The van der Waals surface area contributed by atoms with E-state index >= 15 is 0 Å². The Hall–Kier alpha value is -2.57. The van der Waals surface area contributed by atoms with Crippen molar-refractivity contribution < 1.29 is 4.21 Å². The number of rotatable bonds is 3. The van der Waals surface area contributed by atoms with E-state index in [-0.39, 0.29) is 0 Å². The highest BCUT2D eigenvalue weighted by molar-refractivity contribution is 7.84. The summed E-state index contributed by atoms with van der Waals surface area (Å²) in [6.45, 7) is 0. The molecule has 3 aromatic heterocycles. The van der Waals surface area contributed by atoms with E-state index in [0.29, 0.717) is 0 Å². The predicted octanol–water partition coefficient (Wildman–Crippen LogP) is 4.38. The molecule has 26 heavy (non-hydrogen) atoms. The first-order chi connectivity index (χ1) is 12.6. The van der Waals surface area contributed by atoms with E-state index in [0.717, 1.165) is 43.2 Å². The standard InChI is InChI=1S/C20H15N3OS2/c1-26(24)16-4-2-13(3-5-16)17-8-9-22-19-7-6-18(23-20(17)19)14-10-15(25)12-21-11-14/h2-12,25H,1H3.